The summed E-state index contributed by atoms with van der Waals surface area (Å²) in [5.41, 5.74) is 8.05. The number of guanidine groups is 1. The lowest BCUT2D eigenvalue weighted by Crippen LogP contribution is -2.23. The molecule has 2 aromatic carbocycles. The molecule has 0 fully saturated rings. The minimum absolute atomic E-state index is 0. The van der Waals surface area contributed by atoms with Gasteiger partial charge in [-0.25, -0.2) is 0 Å². The maximum atomic E-state index is 5.92. The number of hydrogen-bond donors (Lipinski definition) is 2. The Balaban J connectivity index is 0.00000312. The first kappa shape index (κ1) is 21.1. The number of unbranched alkanes of at least 4 members (excludes halogenated alkanes) is 1. The number of halogens is 1. The van der Waals surface area contributed by atoms with E-state index < -0.39 is 0 Å². The van der Waals surface area contributed by atoms with Gasteiger partial charge in [0.1, 0.15) is 11.5 Å². The van der Waals surface area contributed by atoms with Crippen LogP contribution >= 0.6 is 24.0 Å². The van der Waals surface area contributed by atoms with Crippen LogP contribution in [0.2, 0.25) is 0 Å². The second-order valence-electron chi connectivity index (χ2n) is 5.40. The molecule has 0 aliphatic carbocycles. The highest BCUT2D eigenvalue weighted by Crippen LogP contribution is 2.22. The molecule has 0 aliphatic rings. The summed E-state index contributed by atoms with van der Waals surface area (Å²) in [5.74, 6) is 2.04. The van der Waals surface area contributed by atoms with Crippen molar-refractivity contribution in [3.8, 4) is 11.5 Å². The molecule has 0 amide bonds. The van der Waals surface area contributed by atoms with Gasteiger partial charge in [0.2, 0.25) is 0 Å². The minimum atomic E-state index is 0. The Morgan fingerprint density at radius 3 is 2.40 bits per heavy atom. The zero-order valence-corrected chi connectivity index (χ0v) is 17.0. The first-order valence-corrected chi connectivity index (χ1v) is 8.06. The van der Waals surface area contributed by atoms with Crippen LogP contribution in [0.25, 0.3) is 0 Å². The lowest BCUT2D eigenvalue weighted by atomic mass is 10.1. The molecule has 2 aromatic rings. The van der Waals surface area contributed by atoms with Crippen LogP contribution in [-0.4, -0.2) is 26.7 Å². The van der Waals surface area contributed by atoms with Crippen LogP contribution < -0.4 is 20.5 Å². The standard InChI is InChI=1S/C19H25N3O2.HI/c1-23-16-12-10-15(11-13-16)7-5-6-14-21-19(20)22-17-8-3-4-9-18(17)24-2;/h3-4,8-13H,5-7,14H2,1-2H3,(H3,20,21,22);1H. The molecular weight excluding hydrogens is 429 g/mol. The van der Waals surface area contributed by atoms with Crippen LogP contribution in [0.3, 0.4) is 0 Å². The van der Waals surface area contributed by atoms with Crippen LogP contribution in [0, 0.1) is 0 Å². The summed E-state index contributed by atoms with van der Waals surface area (Å²) in [4.78, 5) is 4.36. The molecule has 0 saturated heterocycles. The lowest BCUT2D eigenvalue weighted by molar-refractivity contribution is 0.414. The summed E-state index contributed by atoms with van der Waals surface area (Å²) in [5, 5.41) is 3.07. The number of nitrogens with one attached hydrogen (secondary N) is 1. The molecule has 0 atom stereocenters. The van der Waals surface area contributed by atoms with Gasteiger partial charge in [-0.3, -0.25) is 4.99 Å². The van der Waals surface area contributed by atoms with Crippen LogP contribution in [0.5, 0.6) is 11.5 Å². The molecule has 2 rings (SSSR count). The second-order valence-corrected chi connectivity index (χ2v) is 5.40. The largest absolute Gasteiger partial charge is 0.497 e. The summed E-state index contributed by atoms with van der Waals surface area (Å²) in [6.07, 6.45) is 3.08. The number of ether oxygens (including phenoxy) is 2. The monoisotopic (exact) mass is 455 g/mol. The van der Waals surface area contributed by atoms with Gasteiger partial charge in [0.05, 0.1) is 19.9 Å². The third-order valence-electron chi connectivity index (χ3n) is 3.68. The molecular formula is C19H26IN3O2. The van der Waals surface area contributed by atoms with E-state index in [0.717, 1.165) is 36.4 Å². The van der Waals surface area contributed by atoms with E-state index in [0.29, 0.717) is 12.5 Å². The topological polar surface area (TPSA) is 68.9 Å². The molecule has 5 nitrogen and oxygen atoms in total. The van der Waals surface area contributed by atoms with Gasteiger partial charge in [-0.15, -0.1) is 24.0 Å². The van der Waals surface area contributed by atoms with E-state index in [4.69, 9.17) is 15.2 Å². The van der Waals surface area contributed by atoms with Crippen molar-refractivity contribution in [1.82, 2.24) is 0 Å². The quantitative estimate of drug-likeness (QED) is 0.273. The van der Waals surface area contributed by atoms with Crippen molar-refractivity contribution in [2.75, 3.05) is 26.1 Å². The number of methoxy groups -OCH3 is 2. The maximum absolute atomic E-state index is 5.92. The summed E-state index contributed by atoms with van der Waals surface area (Å²) >= 11 is 0. The highest BCUT2D eigenvalue weighted by molar-refractivity contribution is 14.0. The highest BCUT2D eigenvalue weighted by atomic mass is 127. The number of para-hydroxylation sites is 2. The van der Waals surface area contributed by atoms with Gasteiger partial charge < -0.3 is 20.5 Å². The number of aliphatic imine (C=N–C) groups is 1. The third-order valence-corrected chi connectivity index (χ3v) is 3.68. The van der Waals surface area contributed by atoms with Crippen LogP contribution in [-0.2, 0) is 6.42 Å². The molecule has 0 spiro atoms. The first-order chi connectivity index (χ1) is 11.7. The van der Waals surface area contributed by atoms with Gasteiger partial charge in [-0.1, -0.05) is 24.3 Å². The van der Waals surface area contributed by atoms with Crippen molar-refractivity contribution in [3.05, 3.63) is 54.1 Å². The summed E-state index contributed by atoms with van der Waals surface area (Å²) in [7, 11) is 3.31. The van der Waals surface area contributed by atoms with Crippen molar-refractivity contribution in [2.45, 2.75) is 19.3 Å². The Kier molecular flexibility index (Phi) is 9.76. The fraction of sp³-hybridized carbons (Fsp3) is 0.316. The molecule has 0 heterocycles. The zero-order valence-electron chi connectivity index (χ0n) is 14.7. The lowest BCUT2D eigenvalue weighted by Gasteiger charge is -2.10. The molecule has 0 aliphatic heterocycles. The predicted octanol–water partition coefficient (Wildman–Crippen LogP) is 4.07. The fourth-order valence-electron chi connectivity index (χ4n) is 2.36. The predicted molar refractivity (Wildman–Crippen MR) is 114 cm³/mol. The van der Waals surface area contributed by atoms with Crippen LogP contribution in [0.15, 0.2) is 53.5 Å². The Labute approximate surface area is 166 Å². The van der Waals surface area contributed by atoms with Crippen molar-refractivity contribution in [2.24, 2.45) is 10.7 Å². The van der Waals surface area contributed by atoms with Gasteiger partial charge >= 0.3 is 0 Å². The third kappa shape index (κ3) is 7.21. The molecule has 0 radical (unpaired) electrons. The fourth-order valence-corrected chi connectivity index (χ4v) is 2.36. The van der Waals surface area contributed by atoms with Crippen LogP contribution in [0.1, 0.15) is 18.4 Å². The number of nitrogens with zero attached hydrogens (tertiary/aromatic N) is 1. The maximum Gasteiger partial charge on any atom is 0.193 e. The van der Waals surface area contributed by atoms with Crippen molar-refractivity contribution >= 4 is 35.6 Å². The first-order valence-electron chi connectivity index (χ1n) is 8.06. The van der Waals surface area contributed by atoms with E-state index in [-0.39, 0.29) is 24.0 Å². The normalized spacial score (nSPS) is 10.7. The molecule has 0 bridgehead atoms. The molecule has 3 N–H and O–H groups in total. The van der Waals surface area contributed by atoms with E-state index in [1.165, 1.54) is 5.56 Å². The van der Waals surface area contributed by atoms with Crippen LogP contribution in [0.4, 0.5) is 5.69 Å². The Bertz CT molecular complexity index is 660. The summed E-state index contributed by atoms with van der Waals surface area (Å²) in [6, 6.07) is 15.8. The smallest absolute Gasteiger partial charge is 0.193 e. The molecule has 6 heteroatoms. The van der Waals surface area contributed by atoms with Crippen molar-refractivity contribution in [3.63, 3.8) is 0 Å². The Morgan fingerprint density at radius 1 is 1.00 bits per heavy atom. The van der Waals surface area contributed by atoms with E-state index >= 15 is 0 Å². The number of hydrogen-bond acceptors (Lipinski definition) is 3. The molecule has 0 saturated carbocycles. The Morgan fingerprint density at radius 2 is 1.72 bits per heavy atom. The van der Waals surface area contributed by atoms with E-state index in [1.54, 1.807) is 14.2 Å². The summed E-state index contributed by atoms with van der Waals surface area (Å²) in [6.45, 7) is 0.699. The second kappa shape index (κ2) is 11.6. The van der Waals surface area contributed by atoms with E-state index in [9.17, 15) is 0 Å². The SMILES string of the molecule is COc1ccc(CCCCN=C(N)Nc2ccccc2OC)cc1.I. The van der Waals surface area contributed by atoms with E-state index in [2.05, 4.69) is 22.4 Å². The molecule has 25 heavy (non-hydrogen) atoms. The number of rotatable bonds is 8. The Hall–Kier alpha value is -1.96. The minimum Gasteiger partial charge on any atom is -0.497 e. The zero-order chi connectivity index (χ0) is 17.2. The molecule has 0 unspecified atom stereocenters. The number of nitrogens with two attached hydrogens (primary N) is 1. The van der Waals surface area contributed by atoms with Gasteiger partial charge in [0, 0.05) is 6.54 Å². The number of benzene rings is 2. The van der Waals surface area contributed by atoms with Crippen molar-refractivity contribution < 1.29 is 9.47 Å². The molecule has 0 aromatic heterocycles. The van der Waals surface area contributed by atoms with Gasteiger partial charge in [-0.05, 0) is 49.1 Å². The van der Waals surface area contributed by atoms with Gasteiger partial charge in [0.25, 0.3) is 0 Å². The van der Waals surface area contributed by atoms with Crippen molar-refractivity contribution in [1.29, 1.82) is 0 Å². The van der Waals surface area contributed by atoms with E-state index in [1.807, 2.05) is 36.4 Å². The average molecular weight is 455 g/mol. The summed E-state index contributed by atoms with van der Waals surface area (Å²) < 4.78 is 10.4. The van der Waals surface area contributed by atoms with Gasteiger partial charge in [-0.2, -0.15) is 0 Å². The highest BCUT2D eigenvalue weighted by Gasteiger charge is 2.02. The number of aryl methyl sites for hydroxylation is 1. The molecule has 136 valence electrons. The number of anilines is 1. The average Bonchev–Trinajstić information content (AvgIpc) is 2.62. The van der Waals surface area contributed by atoms with Gasteiger partial charge in [0.15, 0.2) is 5.96 Å².